The summed E-state index contributed by atoms with van der Waals surface area (Å²) in [5.41, 5.74) is 1.49. The van der Waals surface area contributed by atoms with Gasteiger partial charge in [-0.25, -0.2) is 4.98 Å². The molecule has 0 fully saturated rings. The lowest BCUT2D eigenvalue weighted by Crippen LogP contribution is -2.25. The van der Waals surface area contributed by atoms with Crippen molar-refractivity contribution < 1.29 is 0 Å². The lowest BCUT2D eigenvalue weighted by Gasteiger charge is -2.30. The number of benzene rings is 1. The zero-order valence-corrected chi connectivity index (χ0v) is 10.6. The van der Waals surface area contributed by atoms with Crippen molar-refractivity contribution in [1.82, 2.24) is 4.98 Å². The first kappa shape index (κ1) is 11.3. The lowest BCUT2D eigenvalue weighted by molar-refractivity contribution is 0.476. The third kappa shape index (κ3) is 1.78. The van der Waals surface area contributed by atoms with Crippen molar-refractivity contribution in [2.45, 2.75) is 32.1 Å². The summed E-state index contributed by atoms with van der Waals surface area (Å²) in [6, 6.07) is 10.7. The van der Waals surface area contributed by atoms with E-state index in [-0.39, 0.29) is 5.41 Å². The van der Waals surface area contributed by atoms with Gasteiger partial charge in [0, 0.05) is 17.0 Å². The average Bonchev–Trinajstić information content (AvgIpc) is 2.87. The molecule has 1 nitrogen and oxygen atoms in total. The van der Waals surface area contributed by atoms with Gasteiger partial charge in [-0.3, -0.25) is 0 Å². The Hall–Kier alpha value is -1.15. The number of hydrogen-bond acceptors (Lipinski definition) is 2. The summed E-state index contributed by atoms with van der Waals surface area (Å²) in [6.07, 6.45) is 4.10. The number of rotatable bonds is 4. The molecule has 0 saturated carbocycles. The maximum Gasteiger partial charge on any atom is 0.103 e. The molecule has 1 aromatic carbocycles. The molecule has 1 aromatic heterocycles. The van der Waals surface area contributed by atoms with Crippen LogP contribution >= 0.6 is 11.3 Å². The summed E-state index contributed by atoms with van der Waals surface area (Å²) >= 11 is 1.76. The van der Waals surface area contributed by atoms with Crippen LogP contribution < -0.4 is 0 Å². The molecule has 0 amide bonds. The van der Waals surface area contributed by atoms with Crippen molar-refractivity contribution in [3.05, 3.63) is 52.5 Å². The molecule has 0 aliphatic rings. The fraction of sp³-hybridized carbons (Fsp3) is 0.357. The average molecular weight is 231 g/mol. The Bertz CT molecular complexity index is 415. The Morgan fingerprint density at radius 1 is 1.12 bits per heavy atom. The van der Waals surface area contributed by atoms with Crippen molar-refractivity contribution in [2.24, 2.45) is 0 Å². The van der Waals surface area contributed by atoms with Crippen LogP contribution in [-0.4, -0.2) is 4.98 Å². The van der Waals surface area contributed by atoms with E-state index in [0.717, 1.165) is 12.8 Å². The van der Waals surface area contributed by atoms with Crippen LogP contribution in [0, 0.1) is 0 Å². The molecule has 0 atom stereocenters. The third-order valence-corrected chi connectivity index (χ3v) is 4.35. The molecular formula is C14H17NS. The molecule has 0 radical (unpaired) electrons. The van der Waals surface area contributed by atoms with Gasteiger partial charge < -0.3 is 0 Å². The summed E-state index contributed by atoms with van der Waals surface area (Å²) < 4.78 is 0. The van der Waals surface area contributed by atoms with E-state index in [1.807, 2.05) is 6.20 Å². The molecule has 84 valence electrons. The maximum absolute atomic E-state index is 4.53. The van der Waals surface area contributed by atoms with E-state index in [0.29, 0.717) is 0 Å². The minimum absolute atomic E-state index is 0.107. The molecule has 2 rings (SSSR count). The van der Waals surface area contributed by atoms with Gasteiger partial charge in [0.25, 0.3) is 0 Å². The van der Waals surface area contributed by atoms with Crippen LogP contribution in [0.15, 0.2) is 41.9 Å². The van der Waals surface area contributed by atoms with Crippen LogP contribution in [0.1, 0.15) is 37.3 Å². The summed E-state index contributed by atoms with van der Waals surface area (Å²) in [6.45, 7) is 4.50. The first-order valence-electron chi connectivity index (χ1n) is 5.79. The first-order chi connectivity index (χ1) is 7.83. The van der Waals surface area contributed by atoms with Gasteiger partial charge in [-0.1, -0.05) is 44.2 Å². The molecule has 2 heteroatoms. The van der Waals surface area contributed by atoms with Gasteiger partial charge in [0.1, 0.15) is 5.01 Å². The zero-order valence-electron chi connectivity index (χ0n) is 9.81. The molecule has 0 spiro atoms. The highest BCUT2D eigenvalue weighted by molar-refractivity contribution is 7.09. The second-order valence-corrected chi connectivity index (χ2v) is 4.89. The highest BCUT2D eigenvalue weighted by Gasteiger charge is 2.32. The molecule has 1 heterocycles. The van der Waals surface area contributed by atoms with Gasteiger partial charge in [0.05, 0.1) is 0 Å². The fourth-order valence-electron chi connectivity index (χ4n) is 2.30. The smallest absolute Gasteiger partial charge is 0.103 e. The fourth-order valence-corrected chi connectivity index (χ4v) is 3.31. The van der Waals surface area contributed by atoms with Crippen LogP contribution in [0.25, 0.3) is 0 Å². The standard InChI is InChI=1S/C14H17NS/c1-3-14(4-2,13-15-10-11-16-13)12-8-6-5-7-9-12/h5-11H,3-4H2,1-2H3. The van der Waals surface area contributed by atoms with Crippen LogP contribution in [0.5, 0.6) is 0 Å². The second kappa shape index (κ2) is 4.79. The van der Waals surface area contributed by atoms with Crippen molar-refractivity contribution in [3.63, 3.8) is 0 Å². The molecule has 0 aliphatic heterocycles. The van der Waals surface area contributed by atoms with Gasteiger partial charge in [-0.15, -0.1) is 11.3 Å². The number of hydrogen-bond donors (Lipinski definition) is 0. The first-order valence-corrected chi connectivity index (χ1v) is 6.67. The maximum atomic E-state index is 4.53. The van der Waals surface area contributed by atoms with Crippen molar-refractivity contribution >= 4 is 11.3 Å². The Morgan fingerprint density at radius 3 is 2.31 bits per heavy atom. The van der Waals surface area contributed by atoms with Crippen LogP contribution in [0.4, 0.5) is 0 Å². The van der Waals surface area contributed by atoms with Gasteiger partial charge in [0.2, 0.25) is 0 Å². The topological polar surface area (TPSA) is 12.9 Å². The monoisotopic (exact) mass is 231 g/mol. The number of thiazole rings is 1. The zero-order chi connectivity index (χ0) is 11.4. The van der Waals surface area contributed by atoms with E-state index in [1.54, 1.807) is 11.3 Å². The van der Waals surface area contributed by atoms with Crippen molar-refractivity contribution in [1.29, 1.82) is 0 Å². The van der Waals surface area contributed by atoms with E-state index in [2.05, 4.69) is 54.5 Å². The predicted molar refractivity (Wildman–Crippen MR) is 69.9 cm³/mol. The van der Waals surface area contributed by atoms with Crippen LogP contribution in [0.2, 0.25) is 0 Å². The lowest BCUT2D eigenvalue weighted by atomic mass is 9.76. The van der Waals surface area contributed by atoms with E-state index >= 15 is 0 Å². The summed E-state index contributed by atoms with van der Waals surface area (Å²) in [7, 11) is 0. The van der Waals surface area contributed by atoms with Gasteiger partial charge in [0.15, 0.2) is 0 Å². The van der Waals surface area contributed by atoms with Crippen LogP contribution in [-0.2, 0) is 5.41 Å². The molecule has 0 bridgehead atoms. The quantitative estimate of drug-likeness (QED) is 0.766. The van der Waals surface area contributed by atoms with Crippen molar-refractivity contribution in [2.75, 3.05) is 0 Å². The minimum Gasteiger partial charge on any atom is -0.249 e. The van der Waals surface area contributed by atoms with Crippen molar-refractivity contribution in [3.8, 4) is 0 Å². The highest BCUT2D eigenvalue weighted by atomic mass is 32.1. The molecule has 16 heavy (non-hydrogen) atoms. The molecular weight excluding hydrogens is 214 g/mol. The Kier molecular flexibility index (Phi) is 3.39. The van der Waals surface area contributed by atoms with Gasteiger partial charge >= 0.3 is 0 Å². The molecule has 0 aliphatic carbocycles. The van der Waals surface area contributed by atoms with E-state index in [9.17, 15) is 0 Å². The largest absolute Gasteiger partial charge is 0.249 e. The summed E-state index contributed by atoms with van der Waals surface area (Å²) in [4.78, 5) is 4.53. The predicted octanol–water partition coefficient (Wildman–Crippen LogP) is 4.25. The normalized spacial score (nSPS) is 11.6. The SMILES string of the molecule is CCC(CC)(c1ccccc1)c1nccs1. The Balaban J connectivity index is 2.52. The Labute approximate surface area is 101 Å². The highest BCUT2D eigenvalue weighted by Crippen LogP contribution is 2.39. The number of nitrogens with zero attached hydrogens (tertiary/aromatic N) is 1. The van der Waals surface area contributed by atoms with Gasteiger partial charge in [-0.2, -0.15) is 0 Å². The van der Waals surface area contributed by atoms with Gasteiger partial charge in [-0.05, 0) is 18.4 Å². The number of aromatic nitrogens is 1. The van der Waals surface area contributed by atoms with Crippen LogP contribution in [0.3, 0.4) is 0 Å². The molecule has 0 unspecified atom stereocenters. The van der Waals surface area contributed by atoms with E-state index < -0.39 is 0 Å². The third-order valence-electron chi connectivity index (χ3n) is 3.38. The summed E-state index contributed by atoms with van der Waals surface area (Å²) in [5, 5.41) is 3.31. The summed E-state index contributed by atoms with van der Waals surface area (Å²) in [5.74, 6) is 0. The minimum atomic E-state index is 0.107. The molecule has 0 saturated heterocycles. The van der Waals surface area contributed by atoms with E-state index in [4.69, 9.17) is 0 Å². The Morgan fingerprint density at radius 2 is 1.81 bits per heavy atom. The second-order valence-electron chi connectivity index (χ2n) is 3.99. The molecule has 0 N–H and O–H groups in total. The van der Waals surface area contributed by atoms with E-state index in [1.165, 1.54) is 10.6 Å². The molecule has 2 aromatic rings.